The molecule has 3 aliphatic carbocycles. The fourth-order valence-electron chi connectivity index (χ4n) is 7.99. The molecule has 0 spiro atoms. The second-order valence-electron chi connectivity index (χ2n) is 14.8. The summed E-state index contributed by atoms with van der Waals surface area (Å²) in [4.78, 5) is 40.1. The van der Waals surface area contributed by atoms with E-state index in [0.717, 1.165) is 51.5 Å². The molecule has 1 unspecified atom stereocenters. The Morgan fingerprint density at radius 1 is 1.09 bits per heavy atom. The second-order valence-corrected chi connectivity index (χ2v) is 14.8. The van der Waals surface area contributed by atoms with Crippen molar-refractivity contribution in [1.82, 2.24) is 21.3 Å². The smallest absolute Gasteiger partial charge is 0.404 e. The molecule has 2 aliphatic heterocycles. The molecule has 242 valence electrons. The van der Waals surface area contributed by atoms with Gasteiger partial charge in [-0.3, -0.25) is 14.4 Å². The number of benzene rings is 1. The maximum absolute atomic E-state index is 13.9. The Labute approximate surface area is 263 Å². The van der Waals surface area contributed by atoms with E-state index in [1.54, 1.807) is 12.1 Å². The quantitative estimate of drug-likeness (QED) is 0.253. The first-order chi connectivity index (χ1) is 20.9. The van der Waals surface area contributed by atoms with E-state index in [2.05, 4.69) is 62.8 Å². The normalized spacial score (nSPS) is 29.8. The van der Waals surface area contributed by atoms with Crippen molar-refractivity contribution in [2.45, 2.75) is 123 Å². The number of amides is 3. The minimum Gasteiger partial charge on any atom is -0.404 e. The maximum Gasteiger partial charge on any atom is 0.481 e. The van der Waals surface area contributed by atoms with Gasteiger partial charge in [0.15, 0.2) is 0 Å². The van der Waals surface area contributed by atoms with Gasteiger partial charge in [-0.05, 0) is 99.3 Å². The van der Waals surface area contributed by atoms with E-state index in [0.29, 0.717) is 23.8 Å². The highest BCUT2D eigenvalue weighted by atomic mass is 16.7. The van der Waals surface area contributed by atoms with Crippen molar-refractivity contribution in [2.24, 2.45) is 23.2 Å². The van der Waals surface area contributed by atoms with Gasteiger partial charge in [-0.2, -0.15) is 0 Å². The molecule has 5 aliphatic rings. The first-order valence-corrected chi connectivity index (χ1v) is 17.0. The van der Waals surface area contributed by atoms with Gasteiger partial charge in [-0.15, -0.1) is 0 Å². The Bertz CT molecular complexity index is 1190. The lowest BCUT2D eigenvalue weighted by molar-refractivity contribution is -0.199. The number of hydrogen-bond acceptors (Lipinski definition) is 6. The number of unbranched alkanes of at least 4 members (excludes halogenated alkanes) is 1. The largest absolute Gasteiger partial charge is 0.481 e. The number of rotatable bonds is 13. The molecule has 5 fully saturated rings. The van der Waals surface area contributed by atoms with Crippen molar-refractivity contribution < 1.29 is 23.7 Å². The van der Waals surface area contributed by atoms with Crippen molar-refractivity contribution in [3.63, 3.8) is 0 Å². The highest BCUT2D eigenvalue weighted by Gasteiger charge is 2.68. The van der Waals surface area contributed by atoms with Gasteiger partial charge in [-0.1, -0.05) is 53.2 Å². The molecule has 2 bridgehead atoms. The number of hydrogen-bond donors (Lipinski definition) is 4. The van der Waals surface area contributed by atoms with Crippen molar-refractivity contribution >= 4 is 24.8 Å². The Kier molecular flexibility index (Phi) is 10.1. The van der Waals surface area contributed by atoms with Crippen molar-refractivity contribution in [3.8, 4) is 0 Å². The molecular formula is C34H53BN4O5. The minimum absolute atomic E-state index is 0.00448. The van der Waals surface area contributed by atoms with Crippen LogP contribution >= 0.6 is 0 Å². The summed E-state index contributed by atoms with van der Waals surface area (Å²) in [6, 6.07) is 6.28. The van der Waals surface area contributed by atoms with Crippen LogP contribution in [0.15, 0.2) is 24.3 Å². The molecule has 1 aromatic rings. The van der Waals surface area contributed by atoms with E-state index in [1.807, 2.05) is 12.1 Å². The molecule has 1 aromatic carbocycles. The first kappa shape index (κ1) is 33.0. The highest BCUT2D eigenvalue weighted by molar-refractivity contribution is 6.48. The summed E-state index contributed by atoms with van der Waals surface area (Å²) < 4.78 is 13.3. The first-order valence-electron chi connectivity index (χ1n) is 17.0. The zero-order valence-corrected chi connectivity index (χ0v) is 27.5. The molecule has 9 nitrogen and oxygen atoms in total. The molecule has 0 aromatic heterocycles. The third-order valence-corrected chi connectivity index (χ3v) is 10.9. The van der Waals surface area contributed by atoms with Gasteiger partial charge in [0.05, 0.1) is 23.7 Å². The van der Waals surface area contributed by atoms with Crippen LogP contribution in [0.3, 0.4) is 0 Å². The lowest BCUT2D eigenvalue weighted by Crippen LogP contribution is -2.65. The third kappa shape index (κ3) is 6.87. The monoisotopic (exact) mass is 608 g/mol. The van der Waals surface area contributed by atoms with Gasteiger partial charge in [0.25, 0.3) is 5.91 Å². The Morgan fingerprint density at radius 3 is 2.48 bits per heavy atom. The summed E-state index contributed by atoms with van der Waals surface area (Å²) >= 11 is 0. The molecule has 2 heterocycles. The van der Waals surface area contributed by atoms with E-state index in [4.69, 9.17) is 9.31 Å². The lowest BCUT2D eigenvalue weighted by atomic mass is 9.43. The minimum atomic E-state index is -0.965. The van der Waals surface area contributed by atoms with Crippen molar-refractivity contribution in [1.29, 1.82) is 0 Å². The van der Waals surface area contributed by atoms with Crippen LogP contribution in [-0.4, -0.2) is 67.7 Å². The summed E-state index contributed by atoms with van der Waals surface area (Å²) in [5.74, 6) is 0.0582. The molecular weight excluding hydrogens is 555 g/mol. The molecule has 3 amide bonds. The Hall–Kier alpha value is -2.43. The van der Waals surface area contributed by atoms with E-state index in [9.17, 15) is 14.4 Å². The predicted octanol–water partition coefficient (Wildman–Crippen LogP) is 3.79. The molecule has 10 heteroatoms. The molecule has 6 rings (SSSR count). The standard InChI is InChI=1S/C34H53BN4O5/c1-7-8-10-22-12-14-23(15-13-22)30(40)38-26(20-37-31(41)25-11-9-16-36-25)32(42)39-29(17-21(2)3)35-43-28-19-24-18-27(33(24,4)5)34(28,6)44-35/h12-15,21,24-29,36H,7-11,16-20H2,1-6H3,(H,37,41)(H,38,40)(H,39,42)/t24-,25?,26-,27-,28+,29-,34-/m0/s1. The third-order valence-electron chi connectivity index (χ3n) is 10.9. The molecule has 44 heavy (non-hydrogen) atoms. The number of nitrogens with one attached hydrogen (secondary N) is 4. The fourth-order valence-corrected chi connectivity index (χ4v) is 7.99. The Morgan fingerprint density at radius 2 is 1.84 bits per heavy atom. The van der Waals surface area contributed by atoms with Crippen LogP contribution in [0.1, 0.15) is 102 Å². The highest BCUT2D eigenvalue weighted by Crippen LogP contribution is 2.65. The van der Waals surface area contributed by atoms with Crippen LogP contribution in [0.5, 0.6) is 0 Å². The second kappa shape index (κ2) is 13.5. The lowest BCUT2D eigenvalue weighted by Gasteiger charge is -2.64. The Balaban J connectivity index is 1.29. The molecule has 3 saturated carbocycles. The summed E-state index contributed by atoms with van der Waals surface area (Å²) in [7, 11) is -0.573. The number of carbonyl (C=O) groups is 3. The predicted molar refractivity (Wildman–Crippen MR) is 172 cm³/mol. The average Bonchev–Trinajstić information content (AvgIpc) is 3.65. The fraction of sp³-hybridized carbons (Fsp3) is 0.735. The van der Waals surface area contributed by atoms with Crippen LogP contribution in [-0.2, 0) is 25.3 Å². The zero-order chi connectivity index (χ0) is 31.6. The summed E-state index contributed by atoms with van der Waals surface area (Å²) in [6.45, 7) is 14.0. The van der Waals surface area contributed by atoms with Gasteiger partial charge < -0.3 is 30.6 Å². The van der Waals surface area contributed by atoms with Gasteiger partial charge in [0, 0.05) is 12.1 Å². The van der Waals surface area contributed by atoms with Crippen LogP contribution in [0, 0.1) is 23.2 Å². The molecule has 2 saturated heterocycles. The van der Waals surface area contributed by atoms with Gasteiger partial charge in [-0.25, -0.2) is 0 Å². The van der Waals surface area contributed by atoms with E-state index in [1.165, 1.54) is 5.56 Å². The van der Waals surface area contributed by atoms with E-state index < -0.39 is 19.1 Å². The average molecular weight is 609 g/mol. The van der Waals surface area contributed by atoms with E-state index >= 15 is 0 Å². The van der Waals surface area contributed by atoms with Crippen LogP contribution in [0.4, 0.5) is 0 Å². The van der Waals surface area contributed by atoms with Gasteiger partial charge >= 0.3 is 7.12 Å². The van der Waals surface area contributed by atoms with Crippen LogP contribution < -0.4 is 21.3 Å². The molecule has 7 atom stereocenters. The summed E-state index contributed by atoms with van der Waals surface area (Å²) in [5, 5.41) is 12.2. The topological polar surface area (TPSA) is 118 Å². The van der Waals surface area contributed by atoms with Crippen LogP contribution in [0.25, 0.3) is 0 Å². The van der Waals surface area contributed by atoms with Crippen molar-refractivity contribution in [2.75, 3.05) is 13.1 Å². The summed E-state index contributed by atoms with van der Waals surface area (Å²) in [6.07, 6.45) is 7.64. The van der Waals surface area contributed by atoms with E-state index in [-0.39, 0.29) is 53.3 Å². The number of carbonyl (C=O) groups excluding carboxylic acids is 3. The zero-order valence-electron chi connectivity index (χ0n) is 27.5. The number of aryl methyl sites for hydroxylation is 1. The van der Waals surface area contributed by atoms with Crippen molar-refractivity contribution in [3.05, 3.63) is 35.4 Å². The van der Waals surface area contributed by atoms with Gasteiger partial charge in [0.2, 0.25) is 11.8 Å². The van der Waals surface area contributed by atoms with Crippen LogP contribution in [0.2, 0.25) is 0 Å². The summed E-state index contributed by atoms with van der Waals surface area (Å²) in [5.41, 5.74) is 1.49. The SMILES string of the molecule is CCCCc1ccc(C(=O)N[C@@H](CNC(=O)C2CCCN2)C(=O)N[C@@H](CC(C)C)B2O[C@@H]3C[C@@H]4C[C@@H](C4(C)C)[C@]3(C)O2)cc1. The molecule has 4 N–H and O–H groups in total. The molecule has 0 radical (unpaired) electrons. The maximum atomic E-state index is 13.9. The van der Waals surface area contributed by atoms with Gasteiger partial charge in [0.1, 0.15) is 6.04 Å².